The van der Waals surface area contributed by atoms with Gasteiger partial charge in [0.2, 0.25) is 0 Å². The van der Waals surface area contributed by atoms with Gasteiger partial charge >= 0.3 is 6.18 Å². The van der Waals surface area contributed by atoms with Gasteiger partial charge < -0.3 is 5.11 Å². The van der Waals surface area contributed by atoms with Crippen LogP contribution in [-0.2, 0) is 6.42 Å². The third kappa shape index (κ3) is 3.25. The molecule has 0 radical (unpaired) electrons. The van der Waals surface area contributed by atoms with E-state index >= 15 is 0 Å². The number of fused-ring (bicyclic) bond motifs is 1. The Kier molecular flexibility index (Phi) is 3.95. The summed E-state index contributed by atoms with van der Waals surface area (Å²) < 4.78 is 36.8. The Balaban J connectivity index is 2.10. The van der Waals surface area contributed by atoms with Gasteiger partial charge in [-0.25, -0.2) is 0 Å². The first kappa shape index (κ1) is 13.4. The highest BCUT2D eigenvalue weighted by atomic mass is 19.4. The minimum atomic E-state index is -4.13. The smallest absolute Gasteiger partial charge is 0.388 e. The molecule has 18 heavy (non-hydrogen) atoms. The first-order valence-electron chi connectivity index (χ1n) is 6.30. The monoisotopic (exact) mass is 258 g/mol. The Bertz CT molecular complexity index is 400. The zero-order chi connectivity index (χ0) is 13.2. The van der Waals surface area contributed by atoms with Crippen molar-refractivity contribution in [1.29, 1.82) is 0 Å². The molecule has 4 heteroatoms. The maximum absolute atomic E-state index is 12.3. The quantitative estimate of drug-likeness (QED) is 0.794. The molecular weight excluding hydrogens is 241 g/mol. The summed E-state index contributed by atoms with van der Waals surface area (Å²) in [6, 6.07) is 7.51. The van der Waals surface area contributed by atoms with Gasteiger partial charge in [-0.15, -0.1) is 0 Å². The number of aliphatic hydroxyl groups is 1. The average Bonchev–Trinajstić information content (AvgIpc) is 2.46. The summed E-state index contributed by atoms with van der Waals surface area (Å²) in [7, 11) is 0. The van der Waals surface area contributed by atoms with E-state index in [9.17, 15) is 18.3 Å². The van der Waals surface area contributed by atoms with E-state index < -0.39 is 18.7 Å². The maximum atomic E-state index is 12.3. The zero-order valence-electron chi connectivity index (χ0n) is 10.1. The van der Waals surface area contributed by atoms with Gasteiger partial charge in [-0.05, 0) is 42.7 Å². The Labute approximate surface area is 105 Å². The van der Waals surface area contributed by atoms with Gasteiger partial charge in [0, 0.05) is 6.42 Å². The normalized spacial score (nSPS) is 24.4. The molecule has 2 rings (SSSR count). The minimum Gasteiger partial charge on any atom is -0.388 e. The van der Waals surface area contributed by atoms with Gasteiger partial charge in [0.15, 0.2) is 0 Å². The number of rotatable bonds is 2. The van der Waals surface area contributed by atoms with Crippen LogP contribution in [0.1, 0.15) is 42.9 Å². The largest absolute Gasteiger partial charge is 0.389 e. The number of aliphatic hydroxyl groups excluding tert-OH is 1. The molecule has 1 nitrogen and oxygen atoms in total. The van der Waals surface area contributed by atoms with E-state index in [-0.39, 0.29) is 12.3 Å². The third-order valence-electron chi connectivity index (χ3n) is 3.64. The highest BCUT2D eigenvalue weighted by molar-refractivity contribution is 5.30. The van der Waals surface area contributed by atoms with E-state index in [1.165, 1.54) is 0 Å². The lowest BCUT2D eigenvalue weighted by atomic mass is 9.89. The molecule has 2 atom stereocenters. The second kappa shape index (κ2) is 5.31. The van der Waals surface area contributed by atoms with E-state index in [0.29, 0.717) is 6.42 Å². The number of halogens is 3. The van der Waals surface area contributed by atoms with Crippen molar-refractivity contribution >= 4 is 0 Å². The van der Waals surface area contributed by atoms with Crippen molar-refractivity contribution < 1.29 is 18.3 Å². The zero-order valence-corrected chi connectivity index (χ0v) is 10.1. The second-order valence-electron chi connectivity index (χ2n) is 4.95. The van der Waals surface area contributed by atoms with Crippen LogP contribution < -0.4 is 0 Å². The van der Waals surface area contributed by atoms with Crippen LogP contribution in [-0.4, -0.2) is 11.3 Å². The van der Waals surface area contributed by atoms with Crippen molar-refractivity contribution in [3.05, 3.63) is 35.4 Å². The Hall–Kier alpha value is -1.03. The van der Waals surface area contributed by atoms with Crippen LogP contribution >= 0.6 is 0 Å². The van der Waals surface area contributed by atoms with Crippen LogP contribution in [0.15, 0.2) is 24.3 Å². The number of benzene rings is 1. The highest BCUT2D eigenvalue weighted by Gasteiger charge is 2.32. The fourth-order valence-corrected chi connectivity index (χ4v) is 2.67. The molecule has 1 aromatic carbocycles. The van der Waals surface area contributed by atoms with Crippen molar-refractivity contribution in [1.82, 2.24) is 0 Å². The van der Waals surface area contributed by atoms with Gasteiger partial charge in [0.25, 0.3) is 0 Å². The molecule has 0 saturated heterocycles. The molecule has 0 amide bonds. The summed E-state index contributed by atoms with van der Waals surface area (Å²) in [5.74, 6) is -0.282. The van der Waals surface area contributed by atoms with Crippen LogP contribution in [0.4, 0.5) is 13.2 Å². The third-order valence-corrected chi connectivity index (χ3v) is 3.64. The number of alkyl halides is 3. The van der Waals surface area contributed by atoms with Gasteiger partial charge in [0.1, 0.15) is 0 Å². The lowest BCUT2D eigenvalue weighted by Gasteiger charge is -2.22. The standard InChI is InChI=1S/C14H17F3O/c15-14(16,17)9-8-11-6-3-5-10-4-1-2-7-12(10)13(11)18/h1-2,4,7,11,13,18H,3,5-6,8-9H2. The molecule has 100 valence electrons. The minimum absolute atomic E-state index is 0.0129. The summed E-state index contributed by atoms with van der Waals surface area (Å²) in [6.07, 6.45) is -3.34. The van der Waals surface area contributed by atoms with E-state index in [2.05, 4.69) is 0 Å². The van der Waals surface area contributed by atoms with Gasteiger partial charge in [-0.2, -0.15) is 13.2 Å². The molecule has 1 N–H and O–H groups in total. The number of aryl methyl sites for hydroxylation is 1. The lowest BCUT2D eigenvalue weighted by molar-refractivity contribution is -0.139. The second-order valence-corrected chi connectivity index (χ2v) is 4.95. The van der Waals surface area contributed by atoms with Crippen LogP contribution in [0.2, 0.25) is 0 Å². The summed E-state index contributed by atoms with van der Waals surface area (Å²) in [5, 5.41) is 10.2. The topological polar surface area (TPSA) is 20.2 Å². The Morgan fingerprint density at radius 2 is 1.94 bits per heavy atom. The number of hydrogen-bond acceptors (Lipinski definition) is 1. The molecule has 1 aliphatic carbocycles. The SMILES string of the molecule is OC1c2ccccc2CCCC1CCC(F)(F)F. The molecular formula is C14H17F3O. The first-order valence-corrected chi connectivity index (χ1v) is 6.30. The van der Waals surface area contributed by atoms with E-state index in [1.807, 2.05) is 24.3 Å². The van der Waals surface area contributed by atoms with Gasteiger partial charge in [0.05, 0.1) is 6.10 Å². The van der Waals surface area contributed by atoms with E-state index in [0.717, 1.165) is 24.0 Å². The van der Waals surface area contributed by atoms with E-state index in [4.69, 9.17) is 0 Å². The summed E-state index contributed by atoms with van der Waals surface area (Å²) in [4.78, 5) is 0. The molecule has 0 spiro atoms. The van der Waals surface area contributed by atoms with Crippen molar-refractivity contribution in [2.24, 2.45) is 5.92 Å². The number of hydrogen-bond donors (Lipinski definition) is 1. The summed E-state index contributed by atoms with van der Waals surface area (Å²) in [6.45, 7) is 0. The Morgan fingerprint density at radius 3 is 2.67 bits per heavy atom. The van der Waals surface area contributed by atoms with Gasteiger partial charge in [-0.3, -0.25) is 0 Å². The molecule has 0 aromatic heterocycles. The summed E-state index contributed by atoms with van der Waals surface area (Å²) >= 11 is 0. The predicted octanol–water partition coefficient (Wildman–Crippen LogP) is 4.02. The van der Waals surface area contributed by atoms with Crippen LogP contribution in [0.25, 0.3) is 0 Å². The molecule has 1 aromatic rings. The van der Waals surface area contributed by atoms with Crippen LogP contribution in [0, 0.1) is 5.92 Å². The van der Waals surface area contributed by atoms with Crippen LogP contribution in [0.3, 0.4) is 0 Å². The molecule has 0 fully saturated rings. The van der Waals surface area contributed by atoms with Crippen molar-refractivity contribution in [3.8, 4) is 0 Å². The molecule has 1 aliphatic rings. The summed E-state index contributed by atoms with van der Waals surface area (Å²) in [5.41, 5.74) is 1.88. The van der Waals surface area contributed by atoms with Gasteiger partial charge in [-0.1, -0.05) is 24.3 Å². The fourth-order valence-electron chi connectivity index (χ4n) is 2.67. The molecule has 0 heterocycles. The first-order chi connectivity index (χ1) is 8.47. The molecule has 2 unspecified atom stereocenters. The maximum Gasteiger partial charge on any atom is 0.389 e. The predicted molar refractivity (Wildman–Crippen MR) is 63.1 cm³/mol. The molecule has 0 aliphatic heterocycles. The lowest BCUT2D eigenvalue weighted by Crippen LogP contribution is -2.16. The fraction of sp³-hybridized carbons (Fsp3) is 0.571. The molecule has 0 bridgehead atoms. The van der Waals surface area contributed by atoms with Crippen molar-refractivity contribution in [2.75, 3.05) is 0 Å². The van der Waals surface area contributed by atoms with Crippen molar-refractivity contribution in [2.45, 2.75) is 44.4 Å². The highest BCUT2D eigenvalue weighted by Crippen LogP contribution is 2.37. The van der Waals surface area contributed by atoms with E-state index in [1.54, 1.807) is 0 Å². The van der Waals surface area contributed by atoms with Crippen LogP contribution in [0.5, 0.6) is 0 Å². The van der Waals surface area contributed by atoms with Crippen molar-refractivity contribution in [3.63, 3.8) is 0 Å². The Morgan fingerprint density at radius 1 is 1.22 bits per heavy atom. The average molecular weight is 258 g/mol. The molecule has 0 saturated carbocycles.